The molecule has 0 bridgehead atoms. The molecule has 1 aromatic heterocycles. The monoisotopic (exact) mass is 439 g/mol. The molecule has 0 aliphatic carbocycles. The zero-order chi connectivity index (χ0) is 22.4. The summed E-state index contributed by atoms with van der Waals surface area (Å²) in [6, 6.07) is 15.5. The van der Waals surface area contributed by atoms with Gasteiger partial charge in [-0.1, -0.05) is 23.7 Å². The van der Waals surface area contributed by atoms with Crippen LogP contribution in [0.2, 0.25) is 5.02 Å². The summed E-state index contributed by atoms with van der Waals surface area (Å²) in [6.45, 7) is 5.28. The van der Waals surface area contributed by atoms with Gasteiger partial charge in [0, 0.05) is 10.7 Å². The van der Waals surface area contributed by atoms with Crippen molar-refractivity contribution >= 4 is 34.8 Å². The van der Waals surface area contributed by atoms with E-state index in [0.717, 1.165) is 11.1 Å². The fourth-order valence-corrected chi connectivity index (χ4v) is 2.94. The standard InChI is InChI=1S/C23H22ClN3O4/c1-14-12-18(24)9-10-20(14)31-16(3)22(28)25-19-7-4-6-17(13-19)15(2)26-27-23(29)21-8-5-11-30-21/h4-13,16H,1-3H3,(H,25,28)(H,27,29). The number of rotatable bonds is 7. The second-order valence-corrected chi connectivity index (χ2v) is 7.29. The van der Waals surface area contributed by atoms with Crippen LogP contribution in [-0.2, 0) is 4.79 Å². The molecule has 3 aromatic rings. The first-order chi connectivity index (χ1) is 14.8. The van der Waals surface area contributed by atoms with Crippen molar-refractivity contribution in [1.29, 1.82) is 0 Å². The zero-order valence-electron chi connectivity index (χ0n) is 17.3. The van der Waals surface area contributed by atoms with Crippen molar-refractivity contribution in [1.82, 2.24) is 5.43 Å². The van der Waals surface area contributed by atoms with Gasteiger partial charge >= 0.3 is 5.91 Å². The first-order valence-corrected chi connectivity index (χ1v) is 9.93. The van der Waals surface area contributed by atoms with Crippen molar-refractivity contribution in [3.63, 3.8) is 0 Å². The molecule has 2 aromatic carbocycles. The molecule has 1 unspecified atom stereocenters. The largest absolute Gasteiger partial charge is 0.481 e. The lowest BCUT2D eigenvalue weighted by atomic mass is 10.1. The number of nitrogens with one attached hydrogen (secondary N) is 2. The van der Waals surface area contributed by atoms with E-state index in [1.807, 2.05) is 13.0 Å². The molecule has 2 N–H and O–H groups in total. The predicted octanol–water partition coefficient (Wildman–Crippen LogP) is 4.80. The number of nitrogens with zero attached hydrogens (tertiary/aromatic N) is 1. The number of amides is 2. The van der Waals surface area contributed by atoms with Crippen molar-refractivity contribution in [3.8, 4) is 5.75 Å². The predicted molar refractivity (Wildman–Crippen MR) is 120 cm³/mol. The maximum atomic E-state index is 12.6. The van der Waals surface area contributed by atoms with Gasteiger partial charge in [0.2, 0.25) is 0 Å². The number of benzene rings is 2. The van der Waals surface area contributed by atoms with Crippen LogP contribution in [0.25, 0.3) is 0 Å². The van der Waals surface area contributed by atoms with Crippen LogP contribution in [0.5, 0.6) is 5.75 Å². The minimum absolute atomic E-state index is 0.169. The molecule has 7 nitrogen and oxygen atoms in total. The van der Waals surface area contributed by atoms with Gasteiger partial charge in [0.1, 0.15) is 5.75 Å². The second-order valence-electron chi connectivity index (χ2n) is 6.86. The Bertz CT molecular complexity index is 1110. The topological polar surface area (TPSA) is 92.9 Å². The Kier molecular flexibility index (Phi) is 7.10. The number of carbonyl (C=O) groups is 2. The summed E-state index contributed by atoms with van der Waals surface area (Å²) in [5, 5.41) is 7.52. The number of carbonyl (C=O) groups excluding carboxylic acids is 2. The van der Waals surface area contributed by atoms with Crippen LogP contribution in [-0.4, -0.2) is 23.6 Å². The quantitative estimate of drug-likeness (QED) is 0.408. The average molecular weight is 440 g/mol. The lowest BCUT2D eigenvalue weighted by Gasteiger charge is -2.16. The van der Waals surface area contributed by atoms with E-state index >= 15 is 0 Å². The number of hydrazone groups is 1. The summed E-state index contributed by atoms with van der Waals surface area (Å²) < 4.78 is 10.8. The summed E-state index contributed by atoms with van der Waals surface area (Å²) in [6.07, 6.45) is 0.697. The Labute approximate surface area is 185 Å². The van der Waals surface area contributed by atoms with E-state index in [2.05, 4.69) is 15.8 Å². The number of hydrogen-bond acceptors (Lipinski definition) is 5. The van der Waals surface area contributed by atoms with Crippen LogP contribution in [0, 0.1) is 6.92 Å². The second kappa shape index (κ2) is 9.95. The average Bonchev–Trinajstić information content (AvgIpc) is 3.29. The van der Waals surface area contributed by atoms with Crippen molar-refractivity contribution in [2.45, 2.75) is 26.9 Å². The molecule has 8 heteroatoms. The third kappa shape index (κ3) is 5.96. The fraction of sp³-hybridized carbons (Fsp3) is 0.174. The normalized spacial score (nSPS) is 12.2. The smallest absolute Gasteiger partial charge is 0.307 e. The Morgan fingerprint density at radius 2 is 1.94 bits per heavy atom. The van der Waals surface area contributed by atoms with Crippen LogP contribution < -0.4 is 15.5 Å². The molecule has 31 heavy (non-hydrogen) atoms. The van der Waals surface area contributed by atoms with Crippen LogP contribution in [0.1, 0.15) is 35.5 Å². The Balaban J connectivity index is 1.63. The summed E-state index contributed by atoms with van der Waals surface area (Å²) in [5.74, 6) is 0.0167. The lowest BCUT2D eigenvalue weighted by Crippen LogP contribution is -2.30. The molecule has 160 valence electrons. The van der Waals surface area contributed by atoms with Crippen molar-refractivity contribution < 1.29 is 18.7 Å². The van der Waals surface area contributed by atoms with Gasteiger partial charge in [-0.15, -0.1) is 0 Å². The summed E-state index contributed by atoms with van der Waals surface area (Å²) in [5.41, 5.74) is 5.17. The number of hydrogen-bond donors (Lipinski definition) is 2. The summed E-state index contributed by atoms with van der Waals surface area (Å²) in [4.78, 5) is 24.5. The van der Waals surface area contributed by atoms with Gasteiger partial charge in [0.15, 0.2) is 11.9 Å². The molecule has 2 amide bonds. The van der Waals surface area contributed by atoms with Gasteiger partial charge in [0.05, 0.1) is 12.0 Å². The zero-order valence-corrected chi connectivity index (χ0v) is 18.1. The van der Waals surface area contributed by atoms with Crippen molar-refractivity contribution in [2.75, 3.05) is 5.32 Å². The highest BCUT2D eigenvalue weighted by molar-refractivity contribution is 6.30. The van der Waals surface area contributed by atoms with E-state index in [4.69, 9.17) is 20.8 Å². The maximum absolute atomic E-state index is 12.6. The Morgan fingerprint density at radius 3 is 2.65 bits per heavy atom. The van der Waals surface area contributed by atoms with Gasteiger partial charge in [-0.25, -0.2) is 5.43 Å². The number of halogens is 1. The number of ether oxygens (including phenoxy) is 1. The molecule has 0 aliphatic heterocycles. The van der Waals surface area contributed by atoms with E-state index < -0.39 is 12.0 Å². The van der Waals surface area contributed by atoms with E-state index in [0.29, 0.717) is 22.2 Å². The van der Waals surface area contributed by atoms with E-state index in [1.165, 1.54) is 6.26 Å². The van der Waals surface area contributed by atoms with Gasteiger partial charge in [0.25, 0.3) is 5.91 Å². The highest BCUT2D eigenvalue weighted by Gasteiger charge is 2.16. The molecule has 0 saturated heterocycles. The first-order valence-electron chi connectivity index (χ1n) is 9.55. The summed E-state index contributed by atoms with van der Waals surface area (Å²) >= 11 is 5.96. The lowest BCUT2D eigenvalue weighted by molar-refractivity contribution is -0.122. The maximum Gasteiger partial charge on any atom is 0.307 e. The molecule has 0 fully saturated rings. The van der Waals surface area contributed by atoms with Crippen molar-refractivity contribution in [3.05, 3.63) is 82.8 Å². The van der Waals surface area contributed by atoms with E-state index in [-0.39, 0.29) is 11.7 Å². The van der Waals surface area contributed by atoms with Gasteiger partial charge in [-0.2, -0.15) is 5.10 Å². The van der Waals surface area contributed by atoms with Crippen LogP contribution >= 0.6 is 11.6 Å². The van der Waals surface area contributed by atoms with Gasteiger partial charge in [-0.3, -0.25) is 9.59 Å². The molecule has 1 atom stereocenters. The fourth-order valence-electron chi connectivity index (χ4n) is 2.72. The Hall–Kier alpha value is -3.58. The van der Waals surface area contributed by atoms with E-state index in [9.17, 15) is 9.59 Å². The van der Waals surface area contributed by atoms with Crippen LogP contribution in [0.15, 0.2) is 70.4 Å². The minimum Gasteiger partial charge on any atom is -0.481 e. The molecule has 0 aliphatic rings. The highest BCUT2D eigenvalue weighted by atomic mass is 35.5. The number of aryl methyl sites for hydroxylation is 1. The molecular weight excluding hydrogens is 418 g/mol. The minimum atomic E-state index is -0.717. The SMILES string of the molecule is CC(=NNC(=O)c1ccco1)c1cccc(NC(=O)C(C)Oc2ccc(Cl)cc2C)c1. The molecular formula is C23H22ClN3O4. The van der Waals surface area contributed by atoms with Gasteiger partial charge < -0.3 is 14.5 Å². The third-order valence-corrected chi connectivity index (χ3v) is 4.66. The molecule has 1 heterocycles. The van der Waals surface area contributed by atoms with Crippen LogP contribution in [0.4, 0.5) is 5.69 Å². The van der Waals surface area contributed by atoms with E-state index in [1.54, 1.807) is 62.4 Å². The number of anilines is 1. The molecule has 0 spiro atoms. The third-order valence-electron chi connectivity index (χ3n) is 4.43. The molecule has 3 rings (SSSR count). The summed E-state index contributed by atoms with van der Waals surface area (Å²) in [7, 11) is 0. The number of furan rings is 1. The molecule has 0 radical (unpaired) electrons. The molecule has 0 saturated carbocycles. The Morgan fingerprint density at radius 1 is 1.13 bits per heavy atom. The van der Waals surface area contributed by atoms with Crippen LogP contribution in [0.3, 0.4) is 0 Å². The van der Waals surface area contributed by atoms with Gasteiger partial charge in [-0.05, 0) is 74.4 Å². The highest BCUT2D eigenvalue weighted by Crippen LogP contribution is 2.23. The van der Waals surface area contributed by atoms with Crippen molar-refractivity contribution in [2.24, 2.45) is 5.10 Å². The first kappa shape index (κ1) is 22.1.